The van der Waals surface area contributed by atoms with Crippen LogP contribution in [0.15, 0.2) is 48.7 Å². The third kappa shape index (κ3) is 1.93. The van der Waals surface area contributed by atoms with Crippen LogP contribution in [0.5, 0.6) is 0 Å². The molecule has 1 heterocycles. The van der Waals surface area contributed by atoms with Gasteiger partial charge in [-0.15, -0.1) is 0 Å². The number of halogens is 2. The van der Waals surface area contributed by atoms with Crippen molar-refractivity contribution in [2.45, 2.75) is 0 Å². The van der Waals surface area contributed by atoms with Crippen LogP contribution in [-0.4, -0.2) is 15.6 Å². The summed E-state index contributed by atoms with van der Waals surface area (Å²) in [6.45, 7) is 0. The predicted octanol–water partition coefficient (Wildman–Crippen LogP) is 3.61. The molecule has 0 spiro atoms. The molecule has 0 fully saturated rings. The zero-order chi connectivity index (χ0) is 14.3. The van der Waals surface area contributed by atoms with Crippen LogP contribution >= 0.6 is 0 Å². The van der Waals surface area contributed by atoms with E-state index in [1.165, 1.54) is 48.7 Å². The Labute approximate surface area is 112 Å². The molecule has 1 aromatic heterocycles. The molecule has 0 aliphatic carbocycles. The number of aromatic carboxylic acids is 1. The number of carbonyl (C=O) groups is 1. The van der Waals surface area contributed by atoms with Gasteiger partial charge in [-0.05, 0) is 42.5 Å². The molecule has 0 bridgehead atoms. The zero-order valence-corrected chi connectivity index (χ0v) is 10.2. The molecule has 0 saturated carbocycles. The van der Waals surface area contributed by atoms with Crippen LogP contribution in [0.4, 0.5) is 8.78 Å². The fourth-order valence-electron chi connectivity index (χ4n) is 2.14. The maximum atomic E-state index is 13.9. The maximum absolute atomic E-state index is 13.9. The minimum absolute atomic E-state index is 0.0215. The molecule has 0 unspecified atom stereocenters. The van der Waals surface area contributed by atoms with E-state index in [2.05, 4.69) is 0 Å². The van der Waals surface area contributed by atoms with E-state index in [1.54, 1.807) is 4.57 Å². The number of nitrogens with zero attached hydrogens (tertiary/aromatic N) is 1. The van der Waals surface area contributed by atoms with Crippen LogP contribution < -0.4 is 0 Å². The highest BCUT2D eigenvalue weighted by atomic mass is 19.1. The third-order valence-electron chi connectivity index (χ3n) is 3.11. The summed E-state index contributed by atoms with van der Waals surface area (Å²) < 4.78 is 28.4. The highest BCUT2D eigenvalue weighted by Gasteiger charge is 2.12. The molecule has 0 aliphatic heterocycles. The molecule has 3 rings (SSSR count). The fourth-order valence-corrected chi connectivity index (χ4v) is 2.14. The van der Waals surface area contributed by atoms with Crippen molar-refractivity contribution >= 4 is 16.9 Å². The first-order chi connectivity index (χ1) is 9.56. The SMILES string of the molecule is O=C(O)c1ccc2c(c1)c(F)cn2-c1ccc(F)cc1. The number of aromatic nitrogens is 1. The number of hydrogen-bond donors (Lipinski definition) is 1. The van der Waals surface area contributed by atoms with Crippen molar-refractivity contribution in [2.75, 3.05) is 0 Å². The van der Waals surface area contributed by atoms with Gasteiger partial charge in [0, 0.05) is 17.3 Å². The van der Waals surface area contributed by atoms with Gasteiger partial charge in [0.25, 0.3) is 0 Å². The van der Waals surface area contributed by atoms with Gasteiger partial charge in [0.1, 0.15) is 11.6 Å². The quantitative estimate of drug-likeness (QED) is 0.775. The van der Waals surface area contributed by atoms with Crippen LogP contribution in [0.3, 0.4) is 0 Å². The molecular weight excluding hydrogens is 264 g/mol. The first-order valence-corrected chi connectivity index (χ1v) is 5.86. The largest absolute Gasteiger partial charge is 0.478 e. The van der Waals surface area contributed by atoms with Crippen molar-refractivity contribution < 1.29 is 18.7 Å². The van der Waals surface area contributed by atoms with Crippen molar-refractivity contribution in [1.29, 1.82) is 0 Å². The summed E-state index contributed by atoms with van der Waals surface area (Å²) in [5, 5.41) is 9.14. The normalized spacial score (nSPS) is 10.9. The Kier molecular flexibility index (Phi) is 2.75. The minimum Gasteiger partial charge on any atom is -0.478 e. The molecule has 3 aromatic rings. The first-order valence-electron chi connectivity index (χ1n) is 5.86. The number of rotatable bonds is 2. The van der Waals surface area contributed by atoms with Gasteiger partial charge in [-0.2, -0.15) is 0 Å². The Bertz CT molecular complexity index is 807. The van der Waals surface area contributed by atoms with E-state index >= 15 is 0 Å². The second-order valence-electron chi connectivity index (χ2n) is 4.36. The topological polar surface area (TPSA) is 42.2 Å². The number of benzene rings is 2. The zero-order valence-electron chi connectivity index (χ0n) is 10.2. The molecule has 5 heteroatoms. The van der Waals surface area contributed by atoms with Crippen molar-refractivity contribution in [2.24, 2.45) is 0 Å². The van der Waals surface area contributed by atoms with Gasteiger partial charge in [-0.3, -0.25) is 0 Å². The van der Waals surface area contributed by atoms with E-state index in [0.717, 1.165) is 0 Å². The Balaban J connectivity index is 2.22. The third-order valence-corrected chi connectivity index (χ3v) is 3.11. The second kappa shape index (κ2) is 4.45. The lowest BCUT2D eigenvalue weighted by molar-refractivity contribution is 0.0697. The Morgan fingerprint density at radius 1 is 1.05 bits per heavy atom. The maximum Gasteiger partial charge on any atom is 0.335 e. The van der Waals surface area contributed by atoms with Crippen LogP contribution in [0.2, 0.25) is 0 Å². The summed E-state index contributed by atoms with van der Waals surface area (Å²) in [6.07, 6.45) is 1.25. The molecule has 1 N–H and O–H groups in total. The Morgan fingerprint density at radius 2 is 1.75 bits per heavy atom. The number of hydrogen-bond acceptors (Lipinski definition) is 1. The van der Waals surface area contributed by atoms with Gasteiger partial charge in [-0.1, -0.05) is 0 Å². The standard InChI is InChI=1S/C15H9F2NO2/c16-10-2-4-11(5-3-10)18-8-13(17)12-7-9(15(19)20)1-6-14(12)18/h1-8H,(H,19,20). The van der Waals surface area contributed by atoms with E-state index < -0.39 is 11.8 Å². The Morgan fingerprint density at radius 3 is 2.40 bits per heavy atom. The van der Waals surface area contributed by atoms with Gasteiger partial charge in [0.05, 0.1) is 11.1 Å². The number of carboxylic acids is 1. The Hall–Kier alpha value is -2.69. The van der Waals surface area contributed by atoms with Crippen molar-refractivity contribution in [3.8, 4) is 5.69 Å². The highest BCUT2D eigenvalue weighted by Crippen LogP contribution is 2.25. The highest BCUT2D eigenvalue weighted by molar-refractivity contribution is 5.94. The van der Waals surface area contributed by atoms with Crippen LogP contribution in [0.1, 0.15) is 10.4 Å². The van der Waals surface area contributed by atoms with Crippen LogP contribution in [0, 0.1) is 11.6 Å². The average Bonchev–Trinajstić information content (AvgIpc) is 2.76. The lowest BCUT2D eigenvalue weighted by Gasteiger charge is -2.05. The van der Waals surface area contributed by atoms with E-state index in [1.807, 2.05) is 0 Å². The van der Waals surface area contributed by atoms with Crippen molar-refractivity contribution in [1.82, 2.24) is 4.57 Å². The molecule has 0 radical (unpaired) electrons. The monoisotopic (exact) mass is 273 g/mol. The summed E-state index contributed by atoms with van der Waals surface area (Å²) in [4.78, 5) is 10.9. The van der Waals surface area contributed by atoms with Crippen LogP contribution in [-0.2, 0) is 0 Å². The lowest BCUT2D eigenvalue weighted by Crippen LogP contribution is -1.96. The average molecular weight is 273 g/mol. The summed E-state index contributed by atoms with van der Waals surface area (Å²) in [5.41, 5.74) is 1.15. The fraction of sp³-hybridized carbons (Fsp3) is 0. The number of fused-ring (bicyclic) bond motifs is 1. The summed E-state index contributed by atoms with van der Waals surface area (Å²) >= 11 is 0. The van der Waals surface area contributed by atoms with E-state index in [4.69, 9.17) is 5.11 Å². The molecule has 0 amide bonds. The van der Waals surface area contributed by atoms with E-state index in [-0.39, 0.29) is 16.8 Å². The van der Waals surface area contributed by atoms with Gasteiger partial charge in [0.15, 0.2) is 0 Å². The first kappa shape index (κ1) is 12.3. The van der Waals surface area contributed by atoms with Gasteiger partial charge in [0.2, 0.25) is 0 Å². The minimum atomic E-state index is -1.11. The number of carboxylic acid groups (broad SMARTS) is 1. The van der Waals surface area contributed by atoms with Gasteiger partial charge >= 0.3 is 5.97 Å². The van der Waals surface area contributed by atoms with E-state index in [9.17, 15) is 13.6 Å². The smallest absolute Gasteiger partial charge is 0.335 e. The van der Waals surface area contributed by atoms with Gasteiger partial charge in [-0.25, -0.2) is 13.6 Å². The van der Waals surface area contributed by atoms with Crippen molar-refractivity contribution in [3.63, 3.8) is 0 Å². The lowest BCUT2D eigenvalue weighted by atomic mass is 10.1. The molecule has 0 saturated heterocycles. The van der Waals surface area contributed by atoms with Crippen LogP contribution in [0.25, 0.3) is 16.6 Å². The predicted molar refractivity (Wildman–Crippen MR) is 70.2 cm³/mol. The molecular formula is C15H9F2NO2. The summed E-state index contributed by atoms with van der Waals surface area (Å²) in [5.74, 6) is -2.01. The summed E-state index contributed by atoms with van der Waals surface area (Å²) in [7, 11) is 0. The second-order valence-corrected chi connectivity index (χ2v) is 4.36. The molecule has 20 heavy (non-hydrogen) atoms. The molecule has 3 nitrogen and oxygen atoms in total. The van der Waals surface area contributed by atoms with Gasteiger partial charge < -0.3 is 9.67 Å². The molecule has 2 aromatic carbocycles. The van der Waals surface area contributed by atoms with Crippen molar-refractivity contribution in [3.05, 3.63) is 65.9 Å². The molecule has 0 aliphatic rings. The molecule has 100 valence electrons. The summed E-state index contributed by atoms with van der Waals surface area (Å²) in [6, 6.07) is 9.84. The van der Waals surface area contributed by atoms with E-state index in [0.29, 0.717) is 11.2 Å². The molecule has 0 atom stereocenters.